The Hall–Kier alpha value is -1.42. The lowest BCUT2D eigenvalue weighted by Crippen LogP contribution is -2.22. The lowest BCUT2D eigenvalue weighted by atomic mass is 10.1. The minimum absolute atomic E-state index is 0.664. The smallest absolute Gasteiger partial charge is 0.245 e. The molecule has 5 heteroatoms. The van der Waals surface area contributed by atoms with Gasteiger partial charge >= 0.3 is 0 Å². The van der Waals surface area contributed by atoms with Gasteiger partial charge in [-0.25, -0.2) is 4.98 Å². The van der Waals surface area contributed by atoms with E-state index in [0.717, 1.165) is 42.4 Å². The highest BCUT2D eigenvalue weighted by Gasteiger charge is 2.24. The quantitative estimate of drug-likeness (QED) is 0.797. The topological polar surface area (TPSA) is 41.9 Å². The zero-order valence-corrected chi connectivity index (χ0v) is 10.8. The molecule has 0 N–H and O–H groups in total. The molecular weight excluding hydrogens is 248 g/mol. The molecule has 1 atom stereocenters. The number of rotatable bonds is 3. The Balaban J connectivity index is 1.82. The number of anilines is 1. The molecule has 1 aromatic carbocycles. The Kier molecular flexibility index (Phi) is 3.28. The van der Waals surface area contributed by atoms with Gasteiger partial charge in [-0.05, 0) is 30.9 Å². The highest BCUT2D eigenvalue weighted by molar-refractivity contribution is 6.17. The van der Waals surface area contributed by atoms with Gasteiger partial charge in [0.25, 0.3) is 0 Å². The maximum Gasteiger partial charge on any atom is 0.245 e. The van der Waals surface area contributed by atoms with Crippen LogP contribution in [0.1, 0.15) is 12.8 Å². The average molecular weight is 263 g/mol. The number of aromatic nitrogens is 3. The molecule has 2 aromatic rings. The second-order valence-corrected chi connectivity index (χ2v) is 5.06. The van der Waals surface area contributed by atoms with Crippen molar-refractivity contribution < 1.29 is 0 Å². The largest absolute Gasteiger partial charge is 0.339 e. The van der Waals surface area contributed by atoms with Crippen LogP contribution in [0.2, 0.25) is 0 Å². The molecule has 1 aromatic heterocycles. The SMILES string of the molecule is ClCCC1CCN(c2nnc3ccccc3n2)C1. The molecule has 0 bridgehead atoms. The molecule has 0 aliphatic carbocycles. The van der Waals surface area contributed by atoms with E-state index >= 15 is 0 Å². The van der Waals surface area contributed by atoms with Gasteiger partial charge in [0.2, 0.25) is 5.95 Å². The van der Waals surface area contributed by atoms with Crippen molar-refractivity contribution in [2.45, 2.75) is 12.8 Å². The van der Waals surface area contributed by atoms with Gasteiger partial charge in [0, 0.05) is 19.0 Å². The van der Waals surface area contributed by atoms with Gasteiger partial charge in [0.05, 0.1) is 5.52 Å². The zero-order chi connectivity index (χ0) is 12.4. The summed E-state index contributed by atoms with van der Waals surface area (Å²) >= 11 is 5.79. The summed E-state index contributed by atoms with van der Waals surface area (Å²) in [7, 11) is 0. The summed E-state index contributed by atoms with van der Waals surface area (Å²) in [4.78, 5) is 6.78. The van der Waals surface area contributed by atoms with Crippen molar-refractivity contribution in [3.05, 3.63) is 24.3 Å². The van der Waals surface area contributed by atoms with Crippen LogP contribution in [0.4, 0.5) is 5.95 Å². The van der Waals surface area contributed by atoms with E-state index in [4.69, 9.17) is 11.6 Å². The number of benzene rings is 1. The molecule has 3 rings (SSSR count). The Labute approximate surface area is 111 Å². The molecule has 18 heavy (non-hydrogen) atoms. The minimum atomic E-state index is 0.664. The standard InChI is InChI=1S/C13H15ClN4/c14-7-5-10-6-8-18(9-10)13-15-11-3-1-2-4-12(11)16-17-13/h1-4,10H,5-9H2. The van der Waals surface area contributed by atoms with Crippen molar-refractivity contribution in [3.63, 3.8) is 0 Å². The molecule has 1 fully saturated rings. The summed E-state index contributed by atoms with van der Waals surface area (Å²) in [5, 5.41) is 8.43. The Morgan fingerprint density at radius 3 is 2.89 bits per heavy atom. The molecule has 1 aliphatic heterocycles. The minimum Gasteiger partial charge on any atom is -0.339 e. The normalized spacial score (nSPS) is 19.6. The van der Waals surface area contributed by atoms with Crippen LogP contribution in [0.3, 0.4) is 0 Å². The summed E-state index contributed by atoms with van der Waals surface area (Å²) in [5.74, 6) is 2.14. The van der Waals surface area contributed by atoms with Crippen LogP contribution >= 0.6 is 11.6 Å². The van der Waals surface area contributed by atoms with Gasteiger partial charge in [-0.1, -0.05) is 12.1 Å². The molecule has 0 amide bonds. The summed E-state index contributed by atoms with van der Waals surface area (Å²) in [6.45, 7) is 1.99. The van der Waals surface area contributed by atoms with Crippen LogP contribution in [-0.2, 0) is 0 Å². The van der Waals surface area contributed by atoms with E-state index in [0.29, 0.717) is 5.92 Å². The average Bonchev–Trinajstić information content (AvgIpc) is 2.87. The van der Waals surface area contributed by atoms with Gasteiger partial charge in [0.1, 0.15) is 5.52 Å². The predicted octanol–water partition coefficient (Wildman–Crippen LogP) is 2.48. The van der Waals surface area contributed by atoms with E-state index in [1.165, 1.54) is 6.42 Å². The monoisotopic (exact) mass is 262 g/mol. The van der Waals surface area contributed by atoms with Crippen LogP contribution in [0.15, 0.2) is 24.3 Å². The molecule has 4 nitrogen and oxygen atoms in total. The van der Waals surface area contributed by atoms with Gasteiger partial charge in [-0.3, -0.25) is 0 Å². The molecule has 94 valence electrons. The first-order valence-electron chi connectivity index (χ1n) is 6.27. The number of nitrogens with zero attached hydrogens (tertiary/aromatic N) is 4. The first-order valence-corrected chi connectivity index (χ1v) is 6.80. The molecule has 1 unspecified atom stereocenters. The molecule has 0 saturated carbocycles. The first kappa shape index (κ1) is 11.7. The Morgan fingerprint density at radius 1 is 1.22 bits per heavy atom. The van der Waals surface area contributed by atoms with Crippen molar-refractivity contribution in [1.82, 2.24) is 15.2 Å². The third kappa shape index (κ3) is 2.25. The van der Waals surface area contributed by atoms with Crippen molar-refractivity contribution in [1.29, 1.82) is 0 Å². The number of hydrogen-bond acceptors (Lipinski definition) is 4. The lowest BCUT2D eigenvalue weighted by molar-refractivity contribution is 0.571. The molecular formula is C13H15ClN4. The second kappa shape index (κ2) is 5.06. The molecule has 0 spiro atoms. The third-order valence-corrected chi connectivity index (χ3v) is 3.65. The van der Waals surface area contributed by atoms with Crippen LogP contribution in [0, 0.1) is 5.92 Å². The van der Waals surface area contributed by atoms with E-state index < -0.39 is 0 Å². The molecule has 0 radical (unpaired) electrons. The van der Waals surface area contributed by atoms with Crippen molar-refractivity contribution in [2.24, 2.45) is 5.92 Å². The van der Waals surface area contributed by atoms with Gasteiger partial charge < -0.3 is 4.90 Å². The third-order valence-electron chi connectivity index (χ3n) is 3.44. The van der Waals surface area contributed by atoms with Crippen LogP contribution in [-0.4, -0.2) is 34.2 Å². The van der Waals surface area contributed by atoms with E-state index in [9.17, 15) is 0 Å². The summed E-state index contributed by atoms with van der Waals surface area (Å²) < 4.78 is 0. The van der Waals surface area contributed by atoms with Crippen molar-refractivity contribution >= 4 is 28.6 Å². The summed E-state index contributed by atoms with van der Waals surface area (Å²) in [6.07, 6.45) is 2.24. The van der Waals surface area contributed by atoms with E-state index in [2.05, 4.69) is 20.1 Å². The molecule has 2 heterocycles. The van der Waals surface area contributed by atoms with Gasteiger partial charge in [-0.15, -0.1) is 21.8 Å². The molecule has 1 aliphatic rings. The lowest BCUT2D eigenvalue weighted by Gasteiger charge is -2.15. The number of para-hydroxylation sites is 1. The maximum atomic E-state index is 5.79. The first-order chi connectivity index (χ1) is 8.86. The zero-order valence-electron chi connectivity index (χ0n) is 10.1. The second-order valence-electron chi connectivity index (χ2n) is 4.68. The van der Waals surface area contributed by atoms with Crippen LogP contribution in [0.25, 0.3) is 11.0 Å². The van der Waals surface area contributed by atoms with E-state index in [-0.39, 0.29) is 0 Å². The van der Waals surface area contributed by atoms with Crippen molar-refractivity contribution in [2.75, 3.05) is 23.9 Å². The number of alkyl halides is 1. The van der Waals surface area contributed by atoms with Crippen LogP contribution < -0.4 is 4.90 Å². The summed E-state index contributed by atoms with van der Waals surface area (Å²) in [5.41, 5.74) is 1.75. The van der Waals surface area contributed by atoms with E-state index in [1.54, 1.807) is 0 Å². The van der Waals surface area contributed by atoms with Gasteiger partial charge in [0.15, 0.2) is 0 Å². The highest BCUT2D eigenvalue weighted by Crippen LogP contribution is 2.23. The Bertz CT molecular complexity index is 545. The number of hydrogen-bond donors (Lipinski definition) is 0. The van der Waals surface area contributed by atoms with Gasteiger partial charge in [-0.2, -0.15) is 0 Å². The fourth-order valence-electron chi connectivity index (χ4n) is 2.41. The number of halogens is 1. The fourth-order valence-corrected chi connectivity index (χ4v) is 2.72. The van der Waals surface area contributed by atoms with Crippen LogP contribution in [0.5, 0.6) is 0 Å². The maximum absolute atomic E-state index is 5.79. The molecule has 1 saturated heterocycles. The van der Waals surface area contributed by atoms with E-state index in [1.807, 2.05) is 24.3 Å². The summed E-state index contributed by atoms with van der Waals surface area (Å²) in [6, 6.07) is 7.82. The number of fused-ring (bicyclic) bond motifs is 1. The Morgan fingerprint density at radius 2 is 2.06 bits per heavy atom. The predicted molar refractivity (Wildman–Crippen MR) is 73.0 cm³/mol. The van der Waals surface area contributed by atoms with Crippen molar-refractivity contribution in [3.8, 4) is 0 Å². The fraction of sp³-hybridized carbons (Fsp3) is 0.462. The highest BCUT2D eigenvalue weighted by atomic mass is 35.5.